The van der Waals surface area contributed by atoms with Crippen molar-refractivity contribution in [2.45, 2.75) is 0 Å². The highest BCUT2D eigenvalue weighted by molar-refractivity contribution is 6.06. The summed E-state index contributed by atoms with van der Waals surface area (Å²) < 4.78 is 1.92. The monoisotopic (exact) mass is 375 g/mol. The van der Waals surface area contributed by atoms with Crippen molar-refractivity contribution < 1.29 is 4.79 Å². The summed E-state index contributed by atoms with van der Waals surface area (Å²) in [6.45, 7) is 0. The first-order chi connectivity index (χ1) is 13.4. The van der Waals surface area contributed by atoms with Crippen molar-refractivity contribution in [2.24, 2.45) is 7.05 Å². The van der Waals surface area contributed by atoms with Crippen LogP contribution >= 0.6 is 0 Å². The zero-order valence-corrected chi connectivity index (χ0v) is 16.2. The molecular weight excluding hydrogens is 354 g/mol. The fourth-order valence-electron chi connectivity index (χ4n) is 3.50. The van der Waals surface area contributed by atoms with Gasteiger partial charge in [0.05, 0.1) is 22.4 Å². The van der Waals surface area contributed by atoms with Crippen LogP contribution < -0.4 is 21.0 Å². The molecule has 0 atom stereocenters. The van der Waals surface area contributed by atoms with Gasteiger partial charge in [0.25, 0.3) is 0 Å². The highest BCUT2D eigenvalue weighted by atomic mass is 16.2. The SMILES string of the molecule is CNC(=O)Nc1c2n(C)c3cc(N(C)C)ccc3nc-2c2ccccc2c1=O. The minimum absolute atomic E-state index is 0.222. The van der Waals surface area contributed by atoms with Crippen LogP contribution in [0.2, 0.25) is 0 Å². The first-order valence-corrected chi connectivity index (χ1v) is 8.93. The normalized spacial score (nSPS) is 11.1. The second-order valence-electron chi connectivity index (χ2n) is 6.89. The van der Waals surface area contributed by atoms with E-state index >= 15 is 0 Å². The minimum atomic E-state index is -0.448. The molecule has 0 saturated heterocycles. The van der Waals surface area contributed by atoms with Crippen molar-refractivity contribution in [3.8, 4) is 11.4 Å². The van der Waals surface area contributed by atoms with Gasteiger partial charge in [-0.25, -0.2) is 9.78 Å². The van der Waals surface area contributed by atoms with E-state index in [1.54, 1.807) is 6.07 Å². The summed E-state index contributed by atoms with van der Waals surface area (Å²) in [6, 6.07) is 12.9. The van der Waals surface area contributed by atoms with Gasteiger partial charge in [0.1, 0.15) is 5.69 Å². The Morgan fingerprint density at radius 2 is 1.82 bits per heavy atom. The van der Waals surface area contributed by atoms with Crippen LogP contribution in [0.5, 0.6) is 0 Å². The van der Waals surface area contributed by atoms with Crippen LogP contribution in [0.4, 0.5) is 16.2 Å². The molecule has 0 aromatic heterocycles. The van der Waals surface area contributed by atoms with Gasteiger partial charge in [-0.3, -0.25) is 4.79 Å². The van der Waals surface area contributed by atoms with Crippen molar-refractivity contribution in [1.29, 1.82) is 0 Å². The quantitative estimate of drug-likeness (QED) is 0.417. The molecule has 0 radical (unpaired) electrons. The van der Waals surface area contributed by atoms with Gasteiger partial charge in [-0.2, -0.15) is 0 Å². The predicted octanol–water partition coefficient (Wildman–Crippen LogP) is 3.01. The Morgan fingerprint density at radius 3 is 2.50 bits per heavy atom. The molecule has 2 aromatic rings. The van der Waals surface area contributed by atoms with E-state index in [0.29, 0.717) is 16.8 Å². The molecular formula is C21H21N5O2. The average molecular weight is 375 g/mol. The molecule has 2 N–H and O–H groups in total. The Bertz CT molecular complexity index is 1260. The molecule has 0 unspecified atom stereocenters. The number of rotatable bonds is 2. The molecule has 28 heavy (non-hydrogen) atoms. The molecule has 7 nitrogen and oxygen atoms in total. The summed E-state index contributed by atoms with van der Waals surface area (Å²) >= 11 is 0. The maximum Gasteiger partial charge on any atom is 0.319 e. The van der Waals surface area contributed by atoms with Gasteiger partial charge in [0.15, 0.2) is 0 Å². The van der Waals surface area contributed by atoms with Crippen LogP contribution in [-0.4, -0.2) is 36.7 Å². The molecule has 4 rings (SSSR count). The number of carbonyl (C=O) groups is 1. The number of fused-ring (bicyclic) bond motifs is 4. The largest absolute Gasteiger partial charge is 0.378 e. The lowest BCUT2D eigenvalue weighted by atomic mass is 10.0. The molecule has 1 heterocycles. The highest BCUT2D eigenvalue weighted by Crippen LogP contribution is 2.35. The molecule has 1 aliphatic carbocycles. The number of aromatic nitrogens is 2. The van der Waals surface area contributed by atoms with E-state index in [0.717, 1.165) is 22.1 Å². The molecule has 0 saturated carbocycles. The second-order valence-corrected chi connectivity index (χ2v) is 6.89. The number of hydrogen-bond donors (Lipinski definition) is 2. The summed E-state index contributed by atoms with van der Waals surface area (Å²) in [7, 11) is 7.34. The number of amides is 2. The second kappa shape index (κ2) is 6.53. The van der Waals surface area contributed by atoms with Crippen molar-refractivity contribution >= 4 is 39.2 Å². The van der Waals surface area contributed by atoms with Crippen LogP contribution in [-0.2, 0) is 7.05 Å². The number of hydrogen-bond acceptors (Lipinski definition) is 4. The van der Waals surface area contributed by atoms with Crippen LogP contribution in [0.15, 0.2) is 47.3 Å². The zero-order valence-electron chi connectivity index (χ0n) is 16.2. The van der Waals surface area contributed by atoms with E-state index < -0.39 is 6.03 Å². The van der Waals surface area contributed by atoms with Gasteiger partial charge >= 0.3 is 6.03 Å². The fraction of sp³-hybridized carbons (Fsp3) is 0.190. The van der Waals surface area contributed by atoms with E-state index in [4.69, 9.17) is 4.98 Å². The van der Waals surface area contributed by atoms with Gasteiger partial charge in [-0.05, 0) is 18.2 Å². The summed E-state index contributed by atoms with van der Waals surface area (Å²) in [6.07, 6.45) is 0. The fourth-order valence-corrected chi connectivity index (χ4v) is 3.50. The third-order valence-corrected chi connectivity index (χ3v) is 4.98. The van der Waals surface area contributed by atoms with E-state index in [9.17, 15) is 9.59 Å². The van der Waals surface area contributed by atoms with E-state index in [2.05, 4.69) is 10.6 Å². The van der Waals surface area contributed by atoms with Crippen molar-refractivity contribution in [3.63, 3.8) is 0 Å². The lowest BCUT2D eigenvalue weighted by molar-refractivity contribution is 0.254. The first kappa shape index (κ1) is 17.8. The molecule has 2 aliphatic rings. The lowest BCUT2D eigenvalue weighted by Gasteiger charge is -2.21. The zero-order chi connectivity index (χ0) is 20.0. The number of benzene rings is 3. The van der Waals surface area contributed by atoms with Gasteiger partial charge in [-0.15, -0.1) is 0 Å². The summed E-state index contributed by atoms with van der Waals surface area (Å²) in [5.41, 5.74) is 3.97. The standard InChI is InChI=1S/C21H21N5O2/c1-22-21(28)24-18-19-17(13-7-5-6-8-14(13)20(18)27)23-15-10-9-12(25(2)3)11-16(15)26(19)4/h5-11H,1-4H3,(H2,22,24,28). The van der Waals surface area contributed by atoms with Crippen molar-refractivity contribution in [3.05, 3.63) is 52.7 Å². The third kappa shape index (κ3) is 2.63. The van der Waals surface area contributed by atoms with E-state index in [1.807, 2.05) is 67.0 Å². The number of anilines is 2. The molecule has 0 spiro atoms. The average Bonchev–Trinajstić information content (AvgIpc) is 2.70. The number of urea groups is 1. The highest BCUT2D eigenvalue weighted by Gasteiger charge is 2.23. The number of aryl methyl sites for hydroxylation is 1. The van der Waals surface area contributed by atoms with Gasteiger partial charge in [0.2, 0.25) is 5.43 Å². The molecule has 142 valence electrons. The Hall–Kier alpha value is -3.61. The van der Waals surface area contributed by atoms with Crippen LogP contribution in [0, 0.1) is 0 Å². The first-order valence-electron chi connectivity index (χ1n) is 8.93. The van der Waals surface area contributed by atoms with Gasteiger partial charge < -0.3 is 20.1 Å². The number of nitrogens with zero attached hydrogens (tertiary/aromatic N) is 3. The van der Waals surface area contributed by atoms with Crippen LogP contribution in [0.3, 0.4) is 0 Å². The van der Waals surface area contributed by atoms with Crippen molar-refractivity contribution in [1.82, 2.24) is 14.9 Å². The van der Waals surface area contributed by atoms with E-state index in [-0.39, 0.29) is 11.1 Å². The summed E-state index contributed by atoms with van der Waals surface area (Å²) in [4.78, 5) is 32.1. The Morgan fingerprint density at radius 1 is 1.11 bits per heavy atom. The predicted molar refractivity (Wildman–Crippen MR) is 114 cm³/mol. The maximum atomic E-state index is 13.2. The summed E-state index contributed by atoms with van der Waals surface area (Å²) in [5.74, 6) is 0. The Balaban J connectivity index is 2.19. The smallest absolute Gasteiger partial charge is 0.319 e. The Labute approximate surface area is 161 Å². The molecule has 7 heteroatoms. The maximum absolute atomic E-state index is 13.2. The lowest BCUT2D eigenvalue weighted by Crippen LogP contribution is -2.29. The summed E-state index contributed by atoms with van der Waals surface area (Å²) in [5, 5.41) is 6.50. The molecule has 0 fully saturated rings. The van der Waals surface area contributed by atoms with Crippen molar-refractivity contribution in [2.75, 3.05) is 31.4 Å². The van der Waals surface area contributed by atoms with E-state index in [1.165, 1.54) is 7.05 Å². The number of carbonyl (C=O) groups excluding carboxylic acids is 1. The van der Waals surface area contributed by atoms with Crippen LogP contribution in [0.25, 0.3) is 33.2 Å². The molecule has 2 aromatic carbocycles. The third-order valence-electron chi connectivity index (χ3n) is 4.98. The molecule has 0 bridgehead atoms. The van der Waals surface area contributed by atoms with Gasteiger partial charge in [0, 0.05) is 44.7 Å². The minimum Gasteiger partial charge on any atom is -0.378 e. The molecule has 2 amide bonds. The number of nitrogens with one attached hydrogen (secondary N) is 2. The van der Waals surface area contributed by atoms with Crippen LogP contribution in [0.1, 0.15) is 0 Å². The topological polar surface area (TPSA) is 79.3 Å². The van der Waals surface area contributed by atoms with Gasteiger partial charge in [-0.1, -0.05) is 24.3 Å². The Kier molecular flexibility index (Phi) is 4.15. The molecule has 1 aliphatic heterocycles.